The molecule has 1 aromatic carbocycles. The molecule has 0 aliphatic heterocycles. The Bertz CT molecular complexity index is 477. The highest BCUT2D eigenvalue weighted by atomic mass is 35.5. The minimum Gasteiger partial charge on any atom is -0.334 e. The average Bonchev–Trinajstić information content (AvgIpc) is 2.35. The van der Waals surface area contributed by atoms with Gasteiger partial charge in [-0.25, -0.2) is 4.79 Å². The Morgan fingerprint density at radius 2 is 1.84 bits per heavy atom. The normalized spacial score (nSPS) is 10.9. The number of halogens is 4. The first-order chi connectivity index (χ1) is 8.84. The molecule has 0 spiro atoms. The van der Waals surface area contributed by atoms with Gasteiger partial charge in [0, 0.05) is 6.54 Å². The maximum atomic E-state index is 12.6. The molecule has 0 aliphatic rings. The standard InChI is InChI=1S/C11H10ClF3N2O2/c12-5-9(18)17-10(19)16-6-7-3-1-2-4-8(7)11(13,14)15/h1-4H,5-6H2,(H2,16,17,18,19). The lowest BCUT2D eigenvalue weighted by atomic mass is 10.1. The fourth-order valence-electron chi connectivity index (χ4n) is 1.33. The van der Waals surface area contributed by atoms with Gasteiger partial charge in [0.15, 0.2) is 0 Å². The van der Waals surface area contributed by atoms with Gasteiger partial charge in [-0.1, -0.05) is 18.2 Å². The van der Waals surface area contributed by atoms with E-state index in [0.29, 0.717) is 0 Å². The van der Waals surface area contributed by atoms with Crippen molar-refractivity contribution < 1.29 is 22.8 Å². The van der Waals surface area contributed by atoms with Crippen LogP contribution in [0.5, 0.6) is 0 Å². The number of carbonyl (C=O) groups excluding carboxylic acids is 2. The topological polar surface area (TPSA) is 58.2 Å². The van der Waals surface area contributed by atoms with Crippen molar-refractivity contribution in [3.05, 3.63) is 35.4 Å². The van der Waals surface area contributed by atoms with E-state index in [-0.39, 0.29) is 12.1 Å². The van der Waals surface area contributed by atoms with E-state index in [1.807, 2.05) is 5.32 Å². The van der Waals surface area contributed by atoms with Crippen molar-refractivity contribution in [3.8, 4) is 0 Å². The summed E-state index contributed by atoms with van der Waals surface area (Å²) in [7, 11) is 0. The third-order valence-corrected chi connectivity index (χ3v) is 2.38. The van der Waals surface area contributed by atoms with E-state index >= 15 is 0 Å². The minimum absolute atomic E-state index is 0.0940. The van der Waals surface area contributed by atoms with Crippen molar-refractivity contribution in [1.82, 2.24) is 10.6 Å². The lowest BCUT2D eigenvalue weighted by Gasteiger charge is -2.13. The largest absolute Gasteiger partial charge is 0.416 e. The number of urea groups is 1. The van der Waals surface area contributed by atoms with Crippen LogP contribution in [0.4, 0.5) is 18.0 Å². The van der Waals surface area contributed by atoms with Crippen LogP contribution >= 0.6 is 11.6 Å². The number of amides is 3. The van der Waals surface area contributed by atoms with Crippen LogP contribution in [0.3, 0.4) is 0 Å². The van der Waals surface area contributed by atoms with Crippen LogP contribution in [-0.2, 0) is 17.5 Å². The van der Waals surface area contributed by atoms with E-state index < -0.39 is 29.6 Å². The zero-order valence-electron chi connectivity index (χ0n) is 9.55. The second-order valence-corrected chi connectivity index (χ2v) is 3.79. The summed E-state index contributed by atoms with van der Waals surface area (Å²) in [4.78, 5) is 21.9. The lowest BCUT2D eigenvalue weighted by Crippen LogP contribution is -2.39. The lowest BCUT2D eigenvalue weighted by molar-refractivity contribution is -0.138. The highest BCUT2D eigenvalue weighted by Crippen LogP contribution is 2.31. The average molecular weight is 295 g/mol. The van der Waals surface area contributed by atoms with E-state index in [1.54, 1.807) is 0 Å². The molecule has 0 bridgehead atoms. The van der Waals surface area contributed by atoms with Crippen LogP contribution in [0, 0.1) is 0 Å². The molecule has 1 rings (SSSR count). The molecule has 0 heterocycles. The zero-order valence-corrected chi connectivity index (χ0v) is 10.3. The molecule has 8 heteroatoms. The Morgan fingerprint density at radius 1 is 1.21 bits per heavy atom. The maximum Gasteiger partial charge on any atom is 0.416 e. The zero-order chi connectivity index (χ0) is 14.5. The van der Waals surface area contributed by atoms with Crippen LogP contribution in [0.25, 0.3) is 0 Å². The van der Waals surface area contributed by atoms with Gasteiger partial charge in [-0.05, 0) is 11.6 Å². The molecule has 19 heavy (non-hydrogen) atoms. The molecular weight excluding hydrogens is 285 g/mol. The van der Waals surface area contributed by atoms with Crippen LogP contribution < -0.4 is 10.6 Å². The first-order valence-corrected chi connectivity index (χ1v) is 5.66. The number of benzene rings is 1. The Kier molecular flexibility index (Phi) is 5.17. The summed E-state index contributed by atoms with van der Waals surface area (Å²) in [5.74, 6) is -1.14. The molecule has 4 nitrogen and oxygen atoms in total. The molecule has 0 fully saturated rings. The summed E-state index contributed by atoms with van der Waals surface area (Å²) in [5.41, 5.74) is -0.928. The predicted molar refractivity (Wildman–Crippen MR) is 62.5 cm³/mol. The van der Waals surface area contributed by atoms with Crippen molar-refractivity contribution in [1.29, 1.82) is 0 Å². The van der Waals surface area contributed by atoms with Gasteiger partial charge in [-0.3, -0.25) is 10.1 Å². The quantitative estimate of drug-likeness (QED) is 0.840. The molecule has 0 aromatic heterocycles. The summed E-state index contributed by atoms with van der Waals surface area (Å²) in [6, 6.07) is 3.94. The molecule has 3 amide bonds. The molecule has 0 radical (unpaired) electrons. The molecule has 2 N–H and O–H groups in total. The highest BCUT2D eigenvalue weighted by Gasteiger charge is 2.32. The van der Waals surface area contributed by atoms with Gasteiger partial charge in [0.1, 0.15) is 5.88 Å². The highest BCUT2D eigenvalue weighted by molar-refractivity contribution is 6.28. The van der Waals surface area contributed by atoms with Crippen molar-refractivity contribution in [2.75, 3.05) is 5.88 Å². The Labute approximate surface area is 111 Å². The molecule has 104 valence electrons. The first-order valence-electron chi connectivity index (χ1n) is 5.13. The fraction of sp³-hybridized carbons (Fsp3) is 0.273. The van der Waals surface area contributed by atoms with Crippen molar-refractivity contribution in [2.45, 2.75) is 12.7 Å². The molecule has 0 aliphatic carbocycles. The van der Waals surface area contributed by atoms with Gasteiger partial charge in [0.05, 0.1) is 5.56 Å². The number of rotatable bonds is 3. The van der Waals surface area contributed by atoms with E-state index in [4.69, 9.17) is 11.6 Å². The fourth-order valence-corrected chi connectivity index (χ4v) is 1.40. The van der Waals surface area contributed by atoms with Gasteiger partial charge < -0.3 is 5.32 Å². The number of hydrogen-bond donors (Lipinski definition) is 2. The third kappa shape index (κ3) is 4.78. The number of imide groups is 1. The van der Waals surface area contributed by atoms with Gasteiger partial charge >= 0.3 is 12.2 Å². The van der Waals surface area contributed by atoms with Crippen molar-refractivity contribution in [2.24, 2.45) is 0 Å². The van der Waals surface area contributed by atoms with E-state index in [9.17, 15) is 22.8 Å². The third-order valence-electron chi connectivity index (χ3n) is 2.14. The molecule has 0 saturated carbocycles. The van der Waals surface area contributed by atoms with Crippen LogP contribution in [0.2, 0.25) is 0 Å². The smallest absolute Gasteiger partial charge is 0.334 e. The summed E-state index contributed by atoms with van der Waals surface area (Å²) in [6.07, 6.45) is -4.50. The SMILES string of the molecule is O=C(CCl)NC(=O)NCc1ccccc1C(F)(F)F. The van der Waals surface area contributed by atoms with Crippen molar-refractivity contribution in [3.63, 3.8) is 0 Å². The van der Waals surface area contributed by atoms with Gasteiger partial charge in [0.2, 0.25) is 5.91 Å². The molecule has 1 aromatic rings. The minimum atomic E-state index is -4.50. The van der Waals surface area contributed by atoms with Crippen LogP contribution in [0.1, 0.15) is 11.1 Å². The van der Waals surface area contributed by atoms with E-state index in [1.165, 1.54) is 18.2 Å². The number of hydrogen-bond acceptors (Lipinski definition) is 2. The van der Waals surface area contributed by atoms with E-state index in [0.717, 1.165) is 6.07 Å². The molecule has 0 atom stereocenters. The van der Waals surface area contributed by atoms with Crippen molar-refractivity contribution >= 4 is 23.5 Å². The Morgan fingerprint density at radius 3 is 2.42 bits per heavy atom. The van der Waals surface area contributed by atoms with Crippen LogP contribution in [-0.4, -0.2) is 17.8 Å². The van der Waals surface area contributed by atoms with Gasteiger partial charge in [0.25, 0.3) is 0 Å². The summed E-state index contributed by atoms with van der Waals surface area (Å²) in [6.45, 7) is -0.350. The van der Waals surface area contributed by atoms with Gasteiger partial charge in [-0.2, -0.15) is 13.2 Å². The van der Waals surface area contributed by atoms with Crippen LogP contribution in [0.15, 0.2) is 24.3 Å². The number of alkyl halides is 4. The van der Waals surface area contributed by atoms with E-state index in [2.05, 4.69) is 5.32 Å². The summed E-state index contributed by atoms with van der Waals surface area (Å²) >= 11 is 5.16. The van der Waals surface area contributed by atoms with Gasteiger partial charge in [-0.15, -0.1) is 11.6 Å². The molecule has 0 unspecified atom stereocenters. The predicted octanol–water partition coefficient (Wildman–Crippen LogP) is 2.27. The Balaban J connectivity index is 2.68. The number of carbonyl (C=O) groups is 2. The monoisotopic (exact) mass is 294 g/mol. The second kappa shape index (κ2) is 6.42. The summed E-state index contributed by atoms with van der Waals surface area (Å²) < 4.78 is 37.9. The molecule has 0 saturated heterocycles. The summed E-state index contributed by atoms with van der Waals surface area (Å²) in [5, 5.41) is 4.00. The second-order valence-electron chi connectivity index (χ2n) is 3.52. The Hall–Kier alpha value is -1.76. The maximum absolute atomic E-state index is 12.6. The number of nitrogens with one attached hydrogen (secondary N) is 2. The first kappa shape index (κ1) is 15.3. The molecular formula is C11H10ClF3N2O2.